The van der Waals surface area contributed by atoms with E-state index >= 15 is 0 Å². The molecule has 0 saturated heterocycles. The summed E-state index contributed by atoms with van der Waals surface area (Å²) in [5.74, 6) is -0.259. The van der Waals surface area contributed by atoms with E-state index in [0.717, 1.165) is 28.3 Å². The zero-order chi connectivity index (χ0) is 21.0. The Balaban J connectivity index is 1.65. The second-order valence-corrected chi connectivity index (χ2v) is 7.69. The largest absolute Gasteiger partial charge is 0.376 e. The first-order valence-electron chi connectivity index (χ1n) is 8.81. The Kier molecular flexibility index (Phi) is 6.85. The van der Waals surface area contributed by atoms with Crippen LogP contribution in [0.1, 0.15) is 17.0 Å². The van der Waals surface area contributed by atoms with Crippen LogP contribution in [0.15, 0.2) is 53.6 Å². The van der Waals surface area contributed by atoms with Crippen molar-refractivity contribution < 1.29 is 4.79 Å². The fourth-order valence-corrected chi connectivity index (χ4v) is 3.53. The summed E-state index contributed by atoms with van der Waals surface area (Å²) in [4.78, 5) is 12.0. The molecule has 0 spiro atoms. The smallest absolute Gasteiger partial charge is 0.259 e. The van der Waals surface area contributed by atoms with Crippen molar-refractivity contribution in [1.29, 1.82) is 0 Å². The fourth-order valence-electron chi connectivity index (χ4n) is 2.92. The molecule has 0 aliphatic carbocycles. The van der Waals surface area contributed by atoms with Gasteiger partial charge in [0.2, 0.25) is 0 Å². The number of halogens is 3. The highest BCUT2D eigenvalue weighted by molar-refractivity contribution is 6.35. The molecule has 1 amide bonds. The normalized spacial score (nSPS) is 11.1. The van der Waals surface area contributed by atoms with Gasteiger partial charge in [-0.05, 0) is 62.4 Å². The number of aromatic nitrogens is 1. The molecule has 150 valence electrons. The molecule has 0 fully saturated rings. The molecule has 1 heterocycles. The second-order valence-electron chi connectivity index (χ2n) is 6.41. The average molecular weight is 450 g/mol. The van der Waals surface area contributed by atoms with E-state index < -0.39 is 0 Å². The predicted molar refractivity (Wildman–Crippen MR) is 121 cm³/mol. The van der Waals surface area contributed by atoms with Crippen LogP contribution >= 0.6 is 34.8 Å². The lowest BCUT2D eigenvalue weighted by Crippen LogP contribution is -2.25. The Morgan fingerprint density at radius 2 is 1.72 bits per heavy atom. The molecule has 8 heteroatoms. The van der Waals surface area contributed by atoms with Crippen LogP contribution in [-0.4, -0.2) is 23.2 Å². The van der Waals surface area contributed by atoms with Crippen LogP contribution in [0.3, 0.4) is 0 Å². The Morgan fingerprint density at radius 1 is 1.03 bits per heavy atom. The number of carbonyl (C=O) groups is 1. The SMILES string of the molecule is Cc1cc(/C=N\NC(=O)CNc2ccc(Cl)cc2)c(C)n1-c1ccc(Cl)cc1Cl. The van der Waals surface area contributed by atoms with Gasteiger partial charge in [-0.1, -0.05) is 34.8 Å². The Morgan fingerprint density at radius 3 is 2.41 bits per heavy atom. The van der Waals surface area contributed by atoms with E-state index in [1.165, 1.54) is 0 Å². The highest BCUT2D eigenvalue weighted by Crippen LogP contribution is 2.28. The molecular weight excluding hydrogens is 431 g/mol. The molecule has 3 aromatic rings. The maximum absolute atomic E-state index is 12.0. The lowest BCUT2D eigenvalue weighted by molar-refractivity contribution is -0.119. The van der Waals surface area contributed by atoms with Crippen LogP contribution in [0.2, 0.25) is 15.1 Å². The number of aryl methyl sites for hydroxylation is 1. The van der Waals surface area contributed by atoms with Gasteiger partial charge in [0.1, 0.15) is 0 Å². The van der Waals surface area contributed by atoms with Crippen LogP contribution in [0.4, 0.5) is 5.69 Å². The molecule has 5 nitrogen and oxygen atoms in total. The molecule has 2 aromatic carbocycles. The monoisotopic (exact) mass is 448 g/mol. The molecule has 1 aromatic heterocycles. The summed E-state index contributed by atoms with van der Waals surface area (Å²) in [6.07, 6.45) is 1.61. The second kappa shape index (κ2) is 9.35. The molecule has 0 atom stereocenters. The van der Waals surface area contributed by atoms with Crippen LogP contribution < -0.4 is 10.7 Å². The number of benzene rings is 2. The molecule has 0 aliphatic rings. The highest BCUT2D eigenvalue weighted by atomic mass is 35.5. The lowest BCUT2D eigenvalue weighted by Gasteiger charge is -2.11. The Labute approximate surface area is 184 Å². The molecule has 3 rings (SSSR count). The summed E-state index contributed by atoms with van der Waals surface area (Å²) in [6, 6.07) is 14.5. The van der Waals surface area contributed by atoms with Crippen molar-refractivity contribution in [2.24, 2.45) is 5.10 Å². The molecule has 2 N–H and O–H groups in total. The standard InChI is InChI=1S/C21H19Cl3N4O/c1-13-9-15(14(2)28(13)20-8-5-17(23)10-19(20)24)11-26-27-21(29)12-25-18-6-3-16(22)4-7-18/h3-11,25H,12H2,1-2H3,(H,27,29)/b26-11-. The van der Waals surface area contributed by atoms with E-state index in [9.17, 15) is 4.79 Å². The number of hydrazone groups is 1. The zero-order valence-corrected chi connectivity index (χ0v) is 18.1. The summed E-state index contributed by atoms with van der Waals surface area (Å²) in [5.41, 5.74) is 6.97. The van der Waals surface area contributed by atoms with Crippen molar-refractivity contribution in [3.8, 4) is 5.69 Å². The van der Waals surface area contributed by atoms with E-state index in [2.05, 4.69) is 15.8 Å². The third-order valence-corrected chi connectivity index (χ3v) is 5.10. The first kappa shape index (κ1) is 21.2. The van der Waals surface area contributed by atoms with Crippen LogP contribution in [0.5, 0.6) is 0 Å². The van der Waals surface area contributed by atoms with Crippen molar-refractivity contribution in [3.63, 3.8) is 0 Å². The van der Waals surface area contributed by atoms with Crippen LogP contribution in [0, 0.1) is 13.8 Å². The third kappa shape index (κ3) is 5.32. The number of amides is 1. The molecule has 0 bridgehead atoms. The molecule has 0 unspecified atom stereocenters. The van der Waals surface area contributed by atoms with Gasteiger partial charge in [-0.3, -0.25) is 4.79 Å². The maximum atomic E-state index is 12.0. The highest BCUT2D eigenvalue weighted by Gasteiger charge is 2.12. The van der Waals surface area contributed by atoms with Gasteiger partial charge < -0.3 is 9.88 Å². The van der Waals surface area contributed by atoms with Crippen molar-refractivity contribution in [1.82, 2.24) is 9.99 Å². The van der Waals surface area contributed by atoms with E-state index in [1.54, 1.807) is 42.6 Å². The fraction of sp³-hybridized carbons (Fsp3) is 0.143. The topological polar surface area (TPSA) is 58.4 Å². The zero-order valence-electron chi connectivity index (χ0n) is 15.8. The molecule has 0 aliphatic heterocycles. The first-order valence-corrected chi connectivity index (χ1v) is 9.94. The van der Waals surface area contributed by atoms with Crippen molar-refractivity contribution in [3.05, 3.63) is 80.6 Å². The van der Waals surface area contributed by atoms with E-state index in [1.807, 2.05) is 30.5 Å². The van der Waals surface area contributed by atoms with Gasteiger partial charge in [0, 0.05) is 32.7 Å². The number of hydrogen-bond acceptors (Lipinski definition) is 3. The number of nitrogens with zero attached hydrogens (tertiary/aromatic N) is 2. The van der Waals surface area contributed by atoms with Gasteiger partial charge in [0.15, 0.2) is 0 Å². The van der Waals surface area contributed by atoms with Crippen molar-refractivity contribution >= 4 is 52.6 Å². The van der Waals surface area contributed by atoms with Crippen LogP contribution in [-0.2, 0) is 4.79 Å². The number of carbonyl (C=O) groups excluding carboxylic acids is 1. The summed E-state index contributed by atoms with van der Waals surface area (Å²) < 4.78 is 2.02. The minimum Gasteiger partial charge on any atom is -0.376 e. The summed E-state index contributed by atoms with van der Waals surface area (Å²) in [7, 11) is 0. The Hall–Kier alpha value is -2.47. The predicted octanol–water partition coefficient (Wildman–Crippen LogP) is 5.62. The van der Waals surface area contributed by atoms with Gasteiger partial charge in [-0.2, -0.15) is 5.10 Å². The van der Waals surface area contributed by atoms with Gasteiger partial charge in [0.25, 0.3) is 5.91 Å². The first-order chi connectivity index (χ1) is 13.8. The quantitative estimate of drug-likeness (QED) is 0.379. The maximum Gasteiger partial charge on any atom is 0.259 e. The Bertz CT molecular complexity index is 1060. The van der Waals surface area contributed by atoms with Crippen LogP contribution in [0.25, 0.3) is 5.69 Å². The molecule has 29 heavy (non-hydrogen) atoms. The van der Waals surface area contributed by atoms with Gasteiger partial charge in [-0.15, -0.1) is 0 Å². The summed E-state index contributed by atoms with van der Waals surface area (Å²) in [6.45, 7) is 4.03. The third-order valence-electron chi connectivity index (χ3n) is 4.31. The molecule has 0 radical (unpaired) electrons. The van der Waals surface area contributed by atoms with Gasteiger partial charge >= 0.3 is 0 Å². The van der Waals surface area contributed by atoms with Gasteiger partial charge in [-0.25, -0.2) is 5.43 Å². The van der Waals surface area contributed by atoms with Crippen molar-refractivity contribution in [2.45, 2.75) is 13.8 Å². The van der Waals surface area contributed by atoms with E-state index in [-0.39, 0.29) is 12.5 Å². The number of hydrogen-bond donors (Lipinski definition) is 2. The molecule has 0 saturated carbocycles. The number of anilines is 1. The average Bonchev–Trinajstić information content (AvgIpc) is 2.95. The van der Waals surface area contributed by atoms with Gasteiger partial charge in [0.05, 0.1) is 23.5 Å². The summed E-state index contributed by atoms with van der Waals surface area (Å²) >= 11 is 18.2. The minimum atomic E-state index is -0.259. The van der Waals surface area contributed by atoms with E-state index in [4.69, 9.17) is 34.8 Å². The molecular formula is C21H19Cl3N4O. The lowest BCUT2D eigenvalue weighted by atomic mass is 10.2. The number of nitrogens with one attached hydrogen (secondary N) is 2. The number of rotatable bonds is 6. The summed E-state index contributed by atoms with van der Waals surface area (Å²) in [5, 5.41) is 8.85. The van der Waals surface area contributed by atoms with Crippen molar-refractivity contribution in [2.75, 3.05) is 11.9 Å². The van der Waals surface area contributed by atoms with E-state index in [0.29, 0.717) is 15.1 Å². The minimum absolute atomic E-state index is 0.0956.